The number of hydrogen-bond acceptors (Lipinski definition) is 5. The van der Waals surface area contributed by atoms with E-state index in [0.29, 0.717) is 11.5 Å². The summed E-state index contributed by atoms with van der Waals surface area (Å²) < 4.78 is 17.1. The van der Waals surface area contributed by atoms with Gasteiger partial charge in [0.25, 0.3) is 0 Å². The second-order valence-corrected chi connectivity index (χ2v) is 6.20. The minimum atomic E-state index is -0.266. The predicted octanol–water partition coefficient (Wildman–Crippen LogP) is 4.20. The molecule has 124 valence electrons. The molecule has 0 aliphatic heterocycles. The molecule has 2 aromatic carbocycles. The van der Waals surface area contributed by atoms with Gasteiger partial charge in [0.2, 0.25) is 0 Å². The van der Waals surface area contributed by atoms with Gasteiger partial charge in [0.05, 0.1) is 20.6 Å². The lowest BCUT2D eigenvalue weighted by molar-refractivity contribution is -0.144. The van der Waals surface area contributed by atoms with Crippen LogP contribution < -0.4 is 9.47 Å². The second kappa shape index (κ2) is 7.36. The van der Waals surface area contributed by atoms with Crippen LogP contribution in [0.25, 0.3) is 10.1 Å². The van der Waals surface area contributed by atoms with E-state index >= 15 is 0 Å². The van der Waals surface area contributed by atoms with Gasteiger partial charge in [0.15, 0.2) is 11.5 Å². The van der Waals surface area contributed by atoms with E-state index in [1.54, 1.807) is 37.7 Å². The zero-order chi connectivity index (χ0) is 16.9. The van der Waals surface area contributed by atoms with Crippen LogP contribution in [-0.4, -0.2) is 20.2 Å². The number of rotatable bonds is 6. The lowest BCUT2D eigenvalue weighted by atomic mass is 10.1. The highest BCUT2D eigenvalue weighted by molar-refractivity contribution is 7.17. The fourth-order valence-electron chi connectivity index (χ4n) is 2.51. The summed E-state index contributed by atoms with van der Waals surface area (Å²) in [5, 5.41) is 3.18. The number of fused-ring (bicyclic) bond motifs is 1. The summed E-state index contributed by atoms with van der Waals surface area (Å²) in [6.07, 6.45) is 0.197. The third kappa shape index (κ3) is 3.51. The lowest BCUT2D eigenvalue weighted by Crippen LogP contribution is -2.08. The molecule has 0 saturated carbocycles. The molecule has 0 aliphatic rings. The van der Waals surface area contributed by atoms with Gasteiger partial charge >= 0.3 is 5.97 Å². The van der Waals surface area contributed by atoms with Crippen molar-refractivity contribution in [3.63, 3.8) is 0 Å². The molecule has 1 aromatic heterocycles. The van der Waals surface area contributed by atoms with E-state index in [4.69, 9.17) is 14.2 Å². The first-order valence-electron chi connectivity index (χ1n) is 7.53. The van der Waals surface area contributed by atoms with Crippen molar-refractivity contribution in [3.8, 4) is 11.5 Å². The molecular weight excluding hydrogens is 324 g/mol. The lowest BCUT2D eigenvalue weighted by Gasteiger charge is -2.09. The Morgan fingerprint density at radius 2 is 1.83 bits per heavy atom. The molecule has 4 nitrogen and oxygen atoms in total. The highest BCUT2D eigenvalue weighted by Gasteiger charge is 2.11. The topological polar surface area (TPSA) is 44.8 Å². The average molecular weight is 342 g/mol. The summed E-state index contributed by atoms with van der Waals surface area (Å²) in [5.41, 5.74) is 1.86. The van der Waals surface area contributed by atoms with E-state index in [2.05, 4.69) is 6.07 Å². The van der Waals surface area contributed by atoms with Crippen LogP contribution >= 0.6 is 11.3 Å². The summed E-state index contributed by atoms with van der Waals surface area (Å²) in [6.45, 7) is 0.288. The minimum absolute atomic E-state index is 0.197. The van der Waals surface area contributed by atoms with Crippen LogP contribution in [0.1, 0.15) is 11.1 Å². The number of benzene rings is 2. The monoisotopic (exact) mass is 342 g/mol. The van der Waals surface area contributed by atoms with Crippen LogP contribution in [-0.2, 0) is 22.6 Å². The Bertz CT molecular complexity index is 853. The van der Waals surface area contributed by atoms with Crippen molar-refractivity contribution in [1.82, 2.24) is 0 Å². The fraction of sp³-hybridized carbons (Fsp3) is 0.211. The normalized spacial score (nSPS) is 10.6. The summed E-state index contributed by atoms with van der Waals surface area (Å²) in [4.78, 5) is 12.1. The first-order chi connectivity index (χ1) is 11.7. The van der Waals surface area contributed by atoms with Crippen LogP contribution in [0, 0.1) is 0 Å². The first-order valence-corrected chi connectivity index (χ1v) is 8.41. The van der Waals surface area contributed by atoms with Crippen molar-refractivity contribution < 1.29 is 19.0 Å². The summed E-state index contributed by atoms with van der Waals surface area (Å²) >= 11 is 1.66. The number of carbonyl (C=O) groups is 1. The van der Waals surface area contributed by atoms with Gasteiger partial charge in [-0.25, -0.2) is 0 Å². The molecule has 0 aliphatic carbocycles. The molecule has 0 amide bonds. The maximum absolute atomic E-state index is 12.1. The third-order valence-electron chi connectivity index (χ3n) is 3.75. The molecule has 0 fully saturated rings. The van der Waals surface area contributed by atoms with Crippen LogP contribution in [0.3, 0.4) is 0 Å². The van der Waals surface area contributed by atoms with Gasteiger partial charge in [-0.1, -0.05) is 24.3 Å². The minimum Gasteiger partial charge on any atom is -0.493 e. The predicted molar refractivity (Wildman–Crippen MR) is 94.9 cm³/mol. The van der Waals surface area contributed by atoms with Crippen LogP contribution in [0.2, 0.25) is 0 Å². The van der Waals surface area contributed by atoms with Crippen molar-refractivity contribution in [3.05, 3.63) is 59.0 Å². The Morgan fingerprint density at radius 3 is 2.62 bits per heavy atom. The smallest absolute Gasteiger partial charge is 0.310 e. The second-order valence-electron chi connectivity index (χ2n) is 5.28. The SMILES string of the molecule is COc1ccc(CC(=O)OCc2csc3ccccc23)cc1OC. The molecule has 0 unspecified atom stereocenters. The molecule has 0 saturated heterocycles. The molecule has 3 rings (SSSR count). The number of esters is 1. The highest BCUT2D eigenvalue weighted by atomic mass is 32.1. The molecule has 0 bridgehead atoms. The van der Waals surface area contributed by atoms with Gasteiger partial charge in [0.1, 0.15) is 6.61 Å². The Balaban J connectivity index is 1.63. The van der Waals surface area contributed by atoms with Crippen LogP contribution in [0.5, 0.6) is 11.5 Å². The van der Waals surface area contributed by atoms with E-state index in [9.17, 15) is 4.79 Å². The number of hydrogen-bond donors (Lipinski definition) is 0. The van der Waals surface area contributed by atoms with Gasteiger partial charge in [-0.05, 0) is 34.5 Å². The van der Waals surface area contributed by atoms with Crippen molar-refractivity contribution in [2.75, 3.05) is 14.2 Å². The first kappa shape index (κ1) is 16.3. The quantitative estimate of drug-likeness (QED) is 0.630. The Labute approximate surface area is 144 Å². The molecule has 0 radical (unpaired) electrons. The molecule has 5 heteroatoms. The molecule has 1 heterocycles. The Morgan fingerprint density at radius 1 is 1.04 bits per heavy atom. The Kier molecular flexibility index (Phi) is 5.01. The molecule has 0 spiro atoms. The third-order valence-corrected chi connectivity index (χ3v) is 4.76. The van der Waals surface area contributed by atoms with Gasteiger partial charge in [0, 0.05) is 10.3 Å². The number of ether oxygens (including phenoxy) is 3. The van der Waals surface area contributed by atoms with E-state index in [-0.39, 0.29) is 19.0 Å². The van der Waals surface area contributed by atoms with Crippen molar-refractivity contribution in [2.24, 2.45) is 0 Å². The van der Waals surface area contributed by atoms with Crippen LogP contribution in [0.4, 0.5) is 0 Å². The highest BCUT2D eigenvalue weighted by Crippen LogP contribution is 2.28. The summed E-state index contributed by atoms with van der Waals surface area (Å²) in [5.74, 6) is 0.975. The van der Waals surface area contributed by atoms with Gasteiger partial charge < -0.3 is 14.2 Å². The number of thiophene rings is 1. The summed E-state index contributed by atoms with van der Waals surface area (Å²) in [7, 11) is 3.15. The Hall–Kier alpha value is -2.53. The van der Waals surface area contributed by atoms with Gasteiger partial charge in [-0.3, -0.25) is 4.79 Å². The number of carbonyl (C=O) groups excluding carboxylic acids is 1. The molecule has 24 heavy (non-hydrogen) atoms. The zero-order valence-electron chi connectivity index (χ0n) is 13.6. The van der Waals surface area contributed by atoms with E-state index in [1.807, 2.05) is 29.6 Å². The van der Waals surface area contributed by atoms with Crippen molar-refractivity contribution >= 4 is 27.4 Å². The maximum Gasteiger partial charge on any atom is 0.310 e. The van der Waals surface area contributed by atoms with Crippen molar-refractivity contribution in [2.45, 2.75) is 13.0 Å². The molecule has 0 atom stereocenters. The van der Waals surface area contributed by atoms with Gasteiger partial charge in [-0.2, -0.15) is 0 Å². The van der Waals surface area contributed by atoms with Crippen molar-refractivity contribution in [1.29, 1.82) is 0 Å². The van der Waals surface area contributed by atoms with E-state index < -0.39 is 0 Å². The fourth-order valence-corrected chi connectivity index (χ4v) is 3.46. The standard InChI is InChI=1S/C19H18O4S/c1-21-16-8-7-13(9-17(16)22-2)10-19(20)23-11-14-12-24-18-6-4-3-5-15(14)18/h3-9,12H,10-11H2,1-2H3. The number of methoxy groups -OCH3 is 2. The summed E-state index contributed by atoms with van der Waals surface area (Å²) in [6, 6.07) is 13.5. The van der Waals surface area contributed by atoms with E-state index in [0.717, 1.165) is 16.5 Å². The maximum atomic E-state index is 12.1. The zero-order valence-corrected chi connectivity index (χ0v) is 14.4. The van der Waals surface area contributed by atoms with Gasteiger partial charge in [-0.15, -0.1) is 11.3 Å². The van der Waals surface area contributed by atoms with Crippen LogP contribution in [0.15, 0.2) is 47.8 Å². The molecular formula is C19H18O4S. The average Bonchev–Trinajstić information content (AvgIpc) is 3.03. The van der Waals surface area contributed by atoms with E-state index in [1.165, 1.54) is 4.70 Å². The molecule has 0 N–H and O–H groups in total. The largest absolute Gasteiger partial charge is 0.493 e. The molecule has 3 aromatic rings.